The first-order valence-electron chi connectivity index (χ1n) is 7.36. The highest BCUT2D eigenvalue weighted by molar-refractivity contribution is 5.95. The summed E-state index contributed by atoms with van der Waals surface area (Å²) < 4.78 is 1.96. The third-order valence-electron chi connectivity index (χ3n) is 3.73. The molecule has 5 heteroatoms. The van der Waals surface area contributed by atoms with Gasteiger partial charge in [0.1, 0.15) is 0 Å². The van der Waals surface area contributed by atoms with Gasteiger partial charge in [-0.3, -0.25) is 4.79 Å². The van der Waals surface area contributed by atoms with Gasteiger partial charge in [0, 0.05) is 42.8 Å². The summed E-state index contributed by atoms with van der Waals surface area (Å²) in [7, 11) is 0. The number of benzene rings is 1. The lowest BCUT2D eigenvalue weighted by molar-refractivity contribution is 0.0936. The van der Waals surface area contributed by atoms with Crippen LogP contribution < -0.4 is 10.6 Å². The van der Waals surface area contributed by atoms with Crippen molar-refractivity contribution in [2.75, 3.05) is 11.9 Å². The van der Waals surface area contributed by atoms with E-state index in [1.807, 2.05) is 35.9 Å². The molecular weight excluding hydrogens is 264 g/mol. The molecule has 0 saturated heterocycles. The normalized spacial score (nSPS) is 14.9. The minimum atomic E-state index is -0.0176. The van der Waals surface area contributed by atoms with Crippen LogP contribution in [-0.2, 0) is 13.0 Å². The third kappa shape index (κ3) is 3.24. The molecule has 1 amide bonds. The Morgan fingerprint density at radius 1 is 1.52 bits per heavy atom. The predicted octanol–water partition coefficient (Wildman–Crippen LogP) is 2.06. The highest BCUT2D eigenvalue weighted by Crippen LogP contribution is 2.22. The van der Waals surface area contributed by atoms with Gasteiger partial charge in [0.05, 0.1) is 6.33 Å². The molecule has 2 N–H and O–H groups in total. The largest absolute Gasteiger partial charge is 0.385 e. The predicted molar refractivity (Wildman–Crippen MR) is 82.4 cm³/mol. The van der Waals surface area contributed by atoms with Crippen molar-refractivity contribution in [1.29, 1.82) is 0 Å². The smallest absolute Gasteiger partial charge is 0.251 e. The van der Waals surface area contributed by atoms with Gasteiger partial charge in [0.25, 0.3) is 5.91 Å². The van der Waals surface area contributed by atoms with E-state index in [0.717, 1.165) is 37.2 Å². The van der Waals surface area contributed by atoms with Crippen LogP contribution in [-0.4, -0.2) is 28.0 Å². The van der Waals surface area contributed by atoms with Crippen molar-refractivity contribution in [3.8, 4) is 0 Å². The minimum Gasteiger partial charge on any atom is -0.385 e. The van der Waals surface area contributed by atoms with Gasteiger partial charge in [-0.25, -0.2) is 4.98 Å². The van der Waals surface area contributed by atoms with E-state index < -0.39 is 0 Å². The summed E-state index contributed by atoms with van der Waals surface area (Å²) in [5, 5.41) is 6.39. The Hall–Kier alpha value is -2.30. The maximum absolute atomic E-state index is 12.3. The summed E-state index contributed by atoms with van der Waals surface area (Å²) >= 11 is 0. The van der Waals surface area contributed by atoms with Crippen LogP contribution in [0.15, 0.2) is 36.9 Å². The summed E-state index contributed by atoms with van der Waals surface area (Å²) in [5.41, 5.74) is 3.12. The molecule has 21 heavy (non-hydrogen) atoms. The number of nitrogens with zero attached hydrogens (tertiary/aromatic N) is 2. The van der Waals surface area contributed by atoms with Gasteiger partial charge in [-0.2, -0.15) is 0 Å². The number of fused-ring (bicyclic) bond motifs is 1. The lowest BCUT2D eigenvalue weighted by Crippen LogP contribution is -2.35. The van der Waals surface area contributed by atoms with E-state index >= 15 is 0 Å². The van der Waals surface area contributed by atoms with Crippen molar-refractivity contribution in [3.63, 3.8) is 0 Å². The lowest BCUT2D eigenvalue weighted by atomic mass is 10.0. The van der Waals surface area contributed by atoms with Crippen molar-refractivity contribution >= 4 is 11.6 Å². The number of aromatic nitrogens is 2. The average molecular weight is 284 g/mol. The molecule has 0 radical (unpaired) electrons. The zero-order chi connectivity index (χ0) is 14.7. The monoisotopic (exact) mass is 284 g/mol. The molecule has 1 aliphatic rings. The molecule has 3 rings (SSSR count). The fourth-order valence-electron chi connectivity index (χ4n) is 2.68. The number of carbonyl (C=O) groups excluding carboxylic acids is 1. The Balaban J connectivity index is 1.64. The molecule has 1 aromatic carbocycles. The second-order valence-electron chi connectivity index (χ2n) is 5.54. The number of imidazole rings is 1. The number of hydrogen-bond acceptors (Lipinski definition) is 3. The van der Waals surface area contributed by atoms with Gasteiger partial charge in [-0.05, 0) is 43.5 Å². The van der Waals surface area contributed by atoms with Gasteiger partial charge in [0.2, 0.25) is 0 Å². The van der Waals surface area contributed by atoms with Crippen molar-refractivity contribution in [3.05, 3.63) is 48.0 Å². The fourth-order valence-corrected chi connectivity index (χ4v) is 2.68. The fraction of sp³-hybridized carbons (Fsp3) is 0.375. The van der Waals surface area contributed by atoms with E-state index in [-0.39, 0.29) is 11.9 Å². The van der Waals surface area contributed by atoms with Gasteiger partial charge < -0.3 is 15.2 Å². The SMILES string of the molecule is CC(Cn1ccnc1)NC(=O)c1ccc2c(c1)CCCN2. The molecule has 0 fully saturated rings. The second-order valence-corrected chi connectivity index (χ2v) is 5.54. The molecule has 1 atom stereocenters. The van der Waals surface area contributed by atoms with Crippen LogP contribution in [0, 0.1) is 0 Å². The summed E-state index contributed by atoms with van der Waals surface area (Å²) in [6.45, 7) is 3.73. The number of amides is 1. The molecule has 1 unspecified atom stereocenters. The first kappa shape index (κ1) is 13.7. The van der Waals surface area contributed by atoms with E-state index in [2.05, 4.69) is 15.6 Å². The maximum Gasteiger partial charge on any atom is 0.251 e. The van der Waals surface area contributed by atoms with Gasteiger partial charge in [0.15, 0.2) is 0 Å². The Labute approximate surface area is 124 Å². The van der Waals surface area contributed by atoms with Crippen molar-refractivity contribution in [2.45, 2.75) is 32.4 Å². The van der Waals surface area contributed by atoms with Crippen molar-refractivity contribution in [2.24, 2.45) is 0 Å². The van der Waals surface area contributed by atoms with E-state index in [0.29, 0.717) is 0 Å². The summed E-state index contributed by atoms with van der Waals surface area (Å²) in [6, 6.07) is 5.95. The number of carbonyl (C=O) groups is 1. The van der Waals surface area contributed by atoms with E-state index in [4.69, 9.17) is 0 Å². The van der Waals surface area contributed by atoms with Crippen LogP contribution in [0.3, 0.4) is 0 Å². The van der Waals surface area contributed by atoms with Crippen molar-refractivity contribution < 1.29 is 4.79 Å². The van der Waals surface area contributed by atoms with Crippen LogP contribution >= 0.6 is 0 Å². The van der Waals surface area contributed by atoms with E-state index in [9.17, 15) is 4.79 Å². The summed E-state index contributed by atoms with van der Waals surface area (Å²) in [6.07, 6.45) is 7.55. The molecule has 2 heterocycles. The zero-order valence-electron chi connectivity index (χ0n) is 12.2. The standard InChI is InChI=1S/C16H20N4O/c1-12(10-20-8-7-17-11-20)19-16(21)14-4-5-15-13(9-14)3-2-6-18-15/h4-5,7-9,11-12,18H,2-3,6,10H2,1H3,(H,19,21). The molecule has 0 bridgehead atoms. The van der Waals surface area contributed by atoms with Crippen LogP contribution in [0.1, 0.15) is 29.3 Å². The van der Waals surface area contributed by atoms with Crippen LogP contribution in [0.25, 0.3) is 0 Å². The van der Waals surface area contributed by atoms with Gasteiger partial charge >= 0.3 is 0 Å². The number of nitrogens with one attached hydrogen (secondary N) is 2. The summed E-state index contributed by atoms with van der Waals surface area (Å²) in [4.78, 5) is 16.3. The van der Waals surface area contributed by atoms with Gasteiger partial charge in [-0.15, -0.1) is 0 Å². The Morgan fingerprint density at radius 2 is 2.43 bits per heavy atom. The number of aryl methyl sites for hydroxylation is 1. The zero-order valence-corrected chi connectivity index (χ0v) is 12.2. The topological polar surface area (TPSA) is 59.0 Å². The van der Waals surface area contributed by atoms with E-state index in [1.54, 1.807) is 12.5 Å². The molecule has 1 aromatic heterocycles. The Bertz CT molecular complexity index is 621. The van der Waals surface area contributed by atoms with Crippen molar-refractivity contribution in [1.82, 2.24) is 14.9 Å². The molecule has 1 aliphatic heterocycles. The molecule has 0 spiro atoms. The maximum atomic E-state index is 12.3. The third-order valence-corrected chi connectivity index (χ3v) is 3.73. The Morgan fingerprint density at radius 3 is 3.24 bits per heavy atom. The summed E-state index contributed by atoms with van der Waals surface area (Å²) in [5.74, 6) is -0.0176. The highest BCUT2D eigenvalue weighted by atomic mass is 16.1. The molecular formula is C16H20N4O. The molecule has 110 valence electrons. The first-order valence-corrected chi connectivity index (χ1v) is 7.36. The second kappa shape index (κ2) is 5.99. The Kier molecular flexibility index (Phi) is 3.90. The first-order chi connectivity index (χ1) is 10.2. The number of anilines is 1. The van der Waals surface area contributed by atoms with Gasteiger partial charge in [-0.1, -0.05) is 0 Å². The highest BCUT2D eigenvalue weighted by Gasteiger charge is 2.14. The molecule has 5 nitrogen and oxygen atoms in total. The average Bonchev–Trinajstić information content (AvgIpc) is 2.99. The number of rotatable bonds is 4. The quantitative estimate of drug-likeness (QED) is 0.903. The molecule has 2 aromatic rings. The molecule has 0 saturated carbocycles. The number of hydrogen-bond donors (Lipinski definition) is 2. The minimum absolute atomic E-state index is 0.0176. The van der Waals surface area contributed by atoms with Crippen LogP contribution in [0.2, 0.25) is 0 Å². The van der Waals surface area contributed by atoms with Crippen LogP contribution in [0.4, 0.5) is 5.69 Å². The molecule has 0 aliphatic carbocycles. The van der Waals surface area contributed by atoms with Crippen LogP contribution in [0.5, 0.6) is 0 Å². The van der Waals surface area contributed by atoms with E-state index in [1.165, 1.54) is 5.56 Å². The lowest BCUT2D eigenvalue weighted by Gasteiger charge is -2.19.